The van der Waals surface area contributed by atoms with Gasteiger partial charge in [-0.3, -0.25) is 4.79 Å². The van der Waals surface area contributed by atoms with Crippen molar-refractivity contribution in [3.63, 3.8) is 0 Å². The minimum Gasteiger partial charge on any atom is -0.474 e. The van der Waals surface area contributed by atoms with Crippen LogP contribution < -0.4 is 10.1 Å². The quantitative estimate of drug-likeness (QED) is 0.800. The fraction of sp³-hybridized carbons (Fsp3) is 0.647. The summed E-state index contributed by atoms with van der Waals surface area (Å²) in [6, 6.07) is 4.52. The molecule has 2 rings (SSSR count). The number of pyridine rings is 1. The van der Waals surface area contributed by atoms with Crippen molar-refractivity contribution in [3.8, 4) is 5.88 Å². The molecule has 0 bridgehead atoms. The predicted octanol–water partition coefficient (Wildman–Crippen LogP) is 2.76. The summed E-state index contributed by atoms with van der Waals surface area (Å²) in [5.74, 6) is 1.11. The number of aromatic nitrogens is 1. The first-order chi connectivity index (χ1) is 10.1. The third-order valence-corrected chi connectivity index (χ3v) is 3.98. The Kier molecular flexibility index (Phi) is 5.74. The molecule has 0 saturated heterocycles. The molecule has 0 amide bonds. The van der Waals surface area contributed by atoms with Gasteiger partial charge in [-0.25, -0.2) is 4.98 Å². The largest absolute Gasteiger partial charge is 0.474 e. The van der Waals surface area contributed by atoms with Crippen molar-refractivity contribution in [2.24, 2.45) is 5.92 Å². The Morgan fingerprint density at radius 3 is 2.76 bits per heavy atom. The molecular weight excluding hydrogens is 264 g/mol. The highest BCUT2D eigenvalue weighted by atomic mass is 16.5. The summed E-state index contributed by atoms with van der Waals surface area (Å²) < 4.78 is 5.83. The number of rotatable bonds is 8. The monoisotopic (exact) mass is 290 g/mol. The van der Waals surface area contributed by atoms with Crippen LogP contribution in [0.25, 0.3) is 0 Å². The van der Waals surface area contributed by atoms with E-state index in [1.165, 1.54) is 0 Å². The summed E-state index contributed by atoms with van der Waals surface area (Å²) in [7, 11) is 0. The number of hydrogen-bond acceptors (Lipinski definition) is 4. The summed E-state index contributed by atoms with van der Waals surface area (Å²) in [6.07, 6.45) is 5.57. The maximum Gasteiger partial charge on any atom is 0.213 e. The number of ketones is 1. The van der Waals surface area contributed by atoms with Crippen molar-refractivity contribution in [1.82, 2.24) is 10.3 Å². The fourth-order valence-corrected chi connectivity index (χ4v) is 2.47. The molecule has 1 N–H and O–H groups in total. The van der Waals surface area contributed by atoms with Crippen LogP contribution in [0, 0.1) is 5.92 Å². The van der Waals surface area contributed by atoms with Crippen LogP contribution in [0.1, 0.15) is 45.6 Å². The van der Waals surface area contributed by atoms with E-state index in [9.17, 15) is 4.79 Å². The molecule has 1 saturated carbocycles. The molecule has 116 valence electrons. The number of Topliss-reactive ketones (excluding diaryl/α,β-unsaturated/α-hetero) is 1. The van der Waals surface area contributed by atoms with E-state index in [0.717, 1.165) is 31.4 Å². The van der Waals surface area contributed by atoms with E-state index in [-0.39, 0.29) is 12.0 Å². The van der Waals surface area contributed by atoms with Crippen molar-refractivity contribution in [2.45, 2.75) is 58.6 Å². The van der Waals surface area contributed by atoms with E-state index < -0.39 is 0 Å². The normalized spacial score (nSPS) is 21.1. The van der Waals surface area contributed by atoms with Gasteiger partial charge in [-0.1, -0.05) is 26.8 Å². The molecule has 1 aromatic heterocycles. The van der Waals surface area contributed by atoms with E-state index in [2.05, 4.69) is 17.2 Å². The maximum absolute atomic E-state index is 11.6. The van der Waals surface area contributed by atoms with E-state index in [1.54, 1.807) is 0 Å². The van der Waals surface area contributed by atoms with Gasteiger partial charge in [-0.15, -0.1) is 0 Å². The number of carbonyl (C=O) groups excluding carboxylic acids is 1. The molecule has 21 heavy (non-hydrogen) atoms. The van der Waals surface area contributed by atoms with Crippen LogP contribution in [0.5, 0.6) is 5.88 Å². The second-order valence-corrected chi connectivity index (χ2v) is 6.09. The average molecular weight is 290 g/mol. The topological polar surface area (TPSA) is 51.2 Å². The molecule has 0 unspecified atom stereocenters. The van der Waals surface area contributed by atoms with Gasteiger partial charge in [-0.2, -0.15) is 0 Å². The number of nitrogens with zero attached hydrogens (tertiary/aromatic N) is 1. The first-order valence-corrected chi connectivity index (χ1v) is 7.96. The van der Waals surface area contributed by atoms with Gasteiger partial charge in [0.05, 0.1) is 0 Å². The summed E-state index contributed by atoms with van der Waals surface area (Å²) in [4.78, 5) is 15.9. The average Bonchev–Trinajstić information content (AvgIpc) is 2.43. The molecule has 4 heteroatoms. The molecule has 1 heterocycles. The summed E-state index contributed by atoms with van der Waals surface area (Å²) >= 11 is 0. The SMILES string of the molecule is CCN[C@H]1C[C@H](Oc2ccc(CCC(=O)C(C)C)cn2)C1. The molecule has 4 nitrogen and oxygen atoms in total. The van der Waals surface area contributed by atoms with E-state index in [0.29, 0.717) is 24.1 Å². The Bertz CT molecular complexity index is 450. The third kappa shape index (κ3) is 4.81. The van der Waals surface area contributed by atoms with Gasteiger partial charge in [0.25, 0.3) is 0 Å². The minimum absolute atomic E-state index is 0.115. The predicted molar refractivity (Wildman–Crippen MR) is 83.5 cm³/mol. The molecule has 1 fully saturated rings. The smallest absolute Gasteiger partial charge is 0.213 e. The van der Waals surface area contributed by atoms with Gasteiger partial charge in [0.1, 0.15) is 11.9 Å². The number of hydrogen-bond donors (Lipinski definition) is 1. The minimum atomic E-state index is 0.115. The lowest BCUT2D eigenvalue weighted by molar-refractivity contribution is -0.121. The van der Waals surface area contributed by atoms with E-state index in [4.69, 9.17) is 4.74 Å². The van der Waals surface area contributed by atoms with Crippen molar-refractivity contribution in [1.29, 1.82) is 0 Å². The van der Waals surface area contributed by atoms with Gasteiger partial charge in [0.2, 0.25) is 5.88 Å². The molecular formula is C17H26N2O2. The molecule has 0 aliphatic heterocycles. The third-order valence-electron chi connectivity index (χ3n) is 3.98. The highest BCUT2D eigenvalue weighted by Crippen LogP contribution is 2.25. The maximum atomic E-state index is 11.6. The highest BCUT2D eigenvalue weighted by Gasteiger charge is 2.30. The van der Waals surface area contributed by atoms with Crippen LogP contribution >= 0.6 is 0 Å². The first-order valence-electron chi connectivity index (χ1n) is 7.96. The van der Waals surface area contributed by atoms with E-state index >= 15 is 0 Å². The zero-order chi connectivity index (χ0) is 15.2. The summed E-state index contributed by atoms with van der Waals surface area (Å²) in [5, 5.41) is 3.41. The number of aryl methyl sites for hydroxylation is 1. The molecule has 1 aromatic rings. The Morgan fingerprint density at radius 1 is 1.43 bits per heavy atom. The van der Waals surface area contributed by atoms with Crippen molar-refractivity contribution < 1.29 is 9.53 Å². The van der Waals surface area contributed by atoms with Crippen LogP contribution in [0.15, 0.2) is 18.3 Å². The summed E-state index contributed by atoms with van der Waals surface area (Å²) in [6.45, 7) is 7.02. The van der Waals surface area contributed by atoms with Crippen LogP contribution in [0.2, 0.25) is 0 Å². The molecule has 0 radical (unpaired) electrons. The van der Waals surface area contributed by atoms with Gasteiger partial charge in [0.15, 0.2) is 0 Å². The molecule has 1 aliphatic carbocycles. The van der Waals surface area contributed by atoms with Gasteiger partial charge in [-0.05, 0) is 31.4 Å². The molecule has 1 aliphatic rings. The molecule has 0 aromatic carbocycles. The second kappa shape index (κ2) is 7.55. The van der Waals surface area contributed by atoms with Crippen LogP contribution in [-0.4, -0.2) is 29.5 Å². The van der Waals surface area contributed by atoms with Crippen LogP contribution in [-0.2, 0) is 11.2 Å². The zero-order valence-electron chi connectivity index (χ0n) is 13.3. The number of carbonyl (C=O) groups is 1. The Labute approximate surface area is 127 Å². The zero-order valence-corrected chi connectivity index (χ0v) is 13.3. The number of ether oxygens (including phenoxy) is 1. The van der Waals surface area contributed by atoms with Gasteiger partial charge in [0, 0.05) is 30.6 Å². The van der Waals surface area contributed by atoms with Gasteiger partial charge >= 0.3 is 0 Å². The lowest BCUT2D eigenvalue weighted by atomic mass is 9.89. The summed E-state index contributed by atoms with van der Waals surface area (Å²) in [5.41, 5.74) is 1.09. The molecule has 0 spiro atoms. The lowest BCUT2D eigenvalue weighted by Gasteiger charge is -2.35. The van der Waals surface area contributed by atoms with Crippen molar-refractivity contribution >= 4 is 5.78 Å². The van der Waals surface area contributed by atoms with Crippen molar-refractivity contribution in [2.75, 3.05) is 6.54 Å². The van der Waals surface area contributed by atoms with Crippen molar-refractivity contribution in [3.05, 3.63) is 23.9 Å². The van der Waals surface area contributed by atoms with Crippen LogP contribution in [0.3, 0.4) is 0 Å². The number of nitrogens with one attached hydrogen (secondary N) is 1. The lowest BCUT2D eigenvalue weighted by Crippen LogP contribution is -2.46. The van der Waals surface area contributed by atoms with E-state index in [1.807, 2.05) is 32.2 Å². The van der Waals surface area contributed by atoms with Crippen LogP contribution in [0.4, 0.5) is 0 Å². The van der Waals surface area contributed by atoms with Gasteiger partial charge < -0.3 is 10.1 Å². The Hall–Kier alpha value is -1.42. The Morgan fingerprint density at radius 2 is 2.19 bits per heavy atom. The first kappa shape index (κ1) is 16.0. The Balaban J connectivity index is 1.74. The standard InChI is InChI=1S/C17H26N2O2/c1-4-18-14-9-15(10-14)21-17-8-6-13(11-19-17)5-7-16(20)12(2)3/h6,8,11-12,14-15,18H,4-5,7,9-10H2,1-3H3/t14-,15-. The second-order valence-electron chi connectivity index (χ2n) is 6.09. The highest BCUT2D eigenvalue weighted by molar-refractivity contribution is 5.80. The molecule has 0 atom stereocenters. The fourth-order valence-electron chi connectivity index (χ4n) is 2.47.